The summed E-state index contributed by atoms with van der Waals surface area (Å²) in [5, 5.41) is 9.71. The highest BCUT2D eigenvalue weighted by molar-refractivity contribution is 6.00. The molecular weight excluding hydrogens is 410 g/mol. The molecule has 0 aromatic rings. The molecule has 5 atom stereocenters. The van der Waals surface area contributed by atoms with Crippen LogP contribution in [0.3, 0.4) is 0 Å². The molecule has 4 heterocycles. The molecule has 8 nitrogen and oxygen atoms in total. The number of carbonyl (C=O) groups excluding carboxylic acids is 3. The summed E-state index contributed by atoms with van der Waals surface area (Å²) in [6.45, 7) is 11.0. The summed E-state index contributed by atoms with van der Waals surface area (Å²) in [6.07, 6.45) is 8.36. The second-order valence-electron chi connectivity index (χ2n) is 10.5. The van der Waals surface area contributed by atoms with Gasteiger partial charge in [-0.25, -0.2) is 0 Å². The molecular formula is C24H35N3O5. The highest BCUT2D eigenvalue weighted by Crippen LogP contribution is 2.57. The number of likely N-dealkylation sites (tertiary alicyclic amines) is 1. The molecule has 8 heteroatoms. The second kappa shape index (κ2) is 7.70. The maximum atomic E-state index is 13.9. The van der Waals surface area contributed by atoms with E-state index in [-0.39, 0.29) is 30.9 Å². The summed E-state index contributed by atoms with van der Waals surface area (Å²) in [7, 11) is 0. The summed E-state index contributed by atoms with van der Waals surface area (Å²) >= 11 is 0. The van der Waals surface area contributed by atoms with Gasteiger partial charge in [0.2, 0.25) is 17.7 Å². The quantitative estimate of drug-likeness (QED) is 0.651. The first-order chi connectivity index (χ1) is 15.0. The SMILES string of the molecule is CCCN1CC=C[C@]2(C)O[C@]34C=CCN(C(C)(C)C)C(=O)C3N(CCO)C(=O)[C@@H]4[C@@H]2C1=O. The fourth-order valence-electron chi connectivity index (χ4n) is 5.99. The first-order valence-electron chi connectivity index (χ1n) is 11.6. The van der Waals surface area contributed by atoms with Crippen LogP contribution in [0.15, 0.2) is 24.3 Å². The van der Waals surface area contributed by atoms with Gasteiger partial charge in [0.1, 0.15) is 11.6 Å². The van der Waals surface area contributed by atoms with Gasteiger partial charge in [0.15, 0.2) is 0 Å². The van der Waals surface area contributed by atoms with Crippen molar-refractivity contribution in [2.24, 2.45) is 11.8 Å². The number of amides is 3. The fraction of sp³-hybridized carbons (Fsp3) is 0.708. The molecule has 32 heavy (non-hydrogen) atoms. The van der Waals surface area contributed by atoms with E-state index in [0.29, 0.717) is 19.6 Å². The van der Waals surface area contributed by atoms with Crippen molar-refractivity contribution >= 4 is 17.7 Å². The minimum atomic E-state index is -1.25. The van der Waals surface area contributed by atoms with E-state index in [1.54, 1.807) is 9.80 Å². The number of β-amino-alcohol motifs (C(OH)–C–C–N with tert-alkyl or cyclic N) is 1. The van der Waals surface area contributed by atoms with Crippen LogP contribution in [0.4, 0.5) is 0 Å². The molecule has 0 radical (unpaired) electrons. The van der Waals surface area contributed by atoms with Crippen LogP contribution in [0, 0.1) is 11.8 Å². The van der Waals surface area contributed by atoms with Crippen LogP contribution in [0.2, 0.25) is 0 Å². The summed E-state index contributed by atoms with van der Waals surface area (Å²) in [5.41, 5.74) is -2.71. The number of aliphatic hydroxyl groups excluding tert-OH is 1. The maximum Gasteiger partial charge on any atom is 0.249 e. The molecule has 0 aliphatic carbocycles. The molecule has 176 valence electrons. The minimum Gasteiger partial charge on any atom is -0.395 e. The van der Waals surface area contributed by atoms with Crippen molar-refractivity contribution in [3.8, 4) is 0 Å². The van der Waals surface area contributed by atoms with Gasteiger partial charge in [0.05, 0.1) is 24.0 Å². The van der Waals surface area contributed by atoms with Crippen molar-refractivity contribution in [1.82, 2.24) is 14.7 Å². The highest BCUT2D eigenvalue weighted by Gasteiger charge is 2.74. The number of nitrogens with zero attached hydrogens (tertiary/aromatic N) is 3. The van der Waals surface area contributed by atoms with E-state index in [4.69, 9.17) is 4.74 Å². The molecule has 2 fully saturated rings. The standard InChI is InChI=1S/C24H35N3O5/c1-6-11-25-12-7-9-23(5)16(19(25)29)17-20(30)26(14-15-28)18-21(31)27(22(2,3)4)13-8-10-24(17,18)32-23/h7-10,16-18,28H,6,11-15H2,1-5H3/t16-,17+,18?,23+,24+/m1/s1. The average Bonchev–Trinajstić information content (AvgIpc) is 2.95. The van der Waals surface area contributed by atoms with E-state index >= 15 is 0 Å². The maximum absolute atomic E-state index is 13.9. The molecule has 4 aliphatic heterocycles. The number of hydrogen-bond acceptors (Lipinski definition) is 5. The lowest BCUT2D eigenvalue weighted by Crippen LogP contribution is -2.59. The summed E-state index contributed by atoms with van der Waals surface area (Å²) < 4.78 is 6.69. The molecule has 0 aromatic heterocycles. The lowest BCUT2D eigenvalue weighted by Gasteiger charge is -2.41. The molecule has 3 amide bonds. The van der Waals surface area contributed by atoms with Gasteiger partial charge in [-0.15, -0.1) is 0 Å². The topological polar surface area (TPSA) is 90.4 Å². The number of fused-ring (bicyclic) bond motifs is 2. The number of ether oxygens (including phenoxy) is 1. The van der Waals surface area contributed by atoms with E-state index < -0.39 is 34.6 Å². The van der Waals surface area contributed by atoms with Crippen LogP contribution in [-0.4, -0.2) is 93.1 Å². The Balaban J connectivity index is 1.87. The Morgan fingerprint density at radius 3 is 2.34 bits per heavy atom. The molecule has 0 aromatic carbocycles. The van der Waals surface area contributed by atoms with E-state index in [1.165, 1.54) is 4.90 Å². The first-order valence-corrected chi connectivity index (χ1v) is 11.6. The van der Waals surface area contributed by atoms with Crippen molar-refractivity contribution in [2.45, 2.75) is 63.8 Å². The van der Waals surface area contributed by atoms with Crippen LogP contribution < -0.4 is 0 Å². The van der Waals surface area contributed by atoms with Crippen LogP contribution in [0.1, 0.15) is 41.0 Å². The largest absolute Gasteiger partial charge is 0.395 e. The molecule has 2 saturated heterocycles. The summed E-state index contributed by atoms with van der Waals surface area (Å²) in [5.74, 6) is -2.18. The van der Waals surface area contributed by atoms with Crippen molar-refractivity contribution < 1.29 is 24.2 Å². The second-order valence-corrected chi connectivity index (χ2v) is 10.5. The van der Waals surface area contributed by atoms with E-state index in [1.807, 2.05) is 58.9 Å². The zero-order valence-corrected chi connectivity index (χ0v) is 19.7. The summed E-state index contributed by atoms with van der Waals surface area (Å²) in [6, 6.07) is -0.922. The number of aliphatic hydroxyl groups is 1. The lowest BCUT2D eigenvalue weighted by atomic mass is 9.74. The number of carbonyl (C=O) groups is 3. The monoisotopic (exact) mass is 445 g/mol. The minimum absolute atomic E-state index is 0.0226. The molecule has 1 spiro atoms. The zero-order valence-electron chi connectivity index (χ0n) is 19.7. The van der Waals surface area contributed by atoms with E-state index in [2.05, 4.69) is 0 Å². The predicted octanol–water partition coefficient (Wildman–Crippen LogP) is 0.955. The molecule has 4 rings (SSSR count). The smallest absolute Gasteiger partial charge is 0.249 e. The summed E-state index contributed by atoms with van der Waals surface area (Å²) in [4.78, 5) is 46.3. The van der Waals surface area contributed by atoms with Crippen LogP contribution in [0.5, 0.6) is 0 Å². The van der Waals surface area contributed by atoms with Crippen LogP contribution >= 0.6 is 0 Å². The van der Waals surface area contributed by atoms with Gasteiger partial charge in [-0.1, -0.05) is 31.2 Å². The Morgan fingerprint density at radius 2 is 1.72 bits per heavy atom. The van der Waals surface area contributed by atoms with E-state index in [9.17, 15) is 19.5 Å². The zero-order chi connectivity index (χ0) is 23.5. The average molecular weight is 446 g/mol. The first kappa shape index (κ1) is 23.0. The van der Waals surface area contributed by atoms with Gasteiger partial charge in [0.25, 0.3) is 0 Å². The Kier molecular flexibility index (Phi) is 5.53. The third-order valence-corrected chi connectivity index (χ3v) is 7.28. The molecule has 0 bridgehead atoms. The number of rotatable bonds is 4. The van der Waals surface area contributed by atoms with Crippen molar-refractivity contribution in [3.05, 3.63) is 24.3 Å². The van der Waals surface area contributed by atoms with Gasteiger partial charge >= 0.3 is 0 Å². The molecule has 1 N–H and O–H groups in total. The molecule has 0 saturated carbocycles. The van der Waals surface area contributed by atoms with Gasteiger partial charge in [0, 0.05) is 31.7 Å². The fourth-order valence-corrected chi connectivity index (χ4v) is 5.99. The van der Waals surface area contributed by atoms with Crippen molar-refractivity contribution in [2.75, 3.05) is 32.8 Å². The molecule has 1 unspecified atom stereocenters. The Bertz CT molecular complexity index is 877. The molecule has 4 aliphatic rings. The number of hydrogen-bond donors (Lipinski definition) is 1. The van der Waals surface area contributed by atoms with Gasteiger partial charge in [-0.05, 0) is 34.1 Å². The van der Waals surface area contributed by atoms with Crippen molar-refractivity contribution in [3.63, 3.8) is 0 Å². The lowest BCUT2D eigenvalue weighted by molar-refractivity contribution is -0.155. The van der Waals surface area contributed by atoms with Crippen LogP contribution in [-0.2, 0) is 19.1 Å². The van der Waals surface area contributed by atoms with Gasteiger partial charge < -0.3 is 24.5 Å². The van der Waals surface area contributed by atoms with Crippen molar-refractivity contribution in [1.29, 1.82) is 0 Å². The normalized spacial score (nSPS) is 36.9. The van der Waals surface area contributed by atoms with Gasteiger partial charge in [-0.2, -0.15) is 0 Å². The predicted molar refractivity (Wildman–Crippen MR) is 118 cm³/mol. The van der Waals surface area contributed by atoms with E-state index in [0.717, 1.165) is 6.42 Å². The van der Waals surface area contributed by atoms with Crippen LogP contribution in [0.25, 0.3) is 0 Å². The third kappa shape index (κ3) is 3.14. The van der Waals surface area contributed by atoms with Gasteiger partial charge in [-0.3, -0.25) is 14.4 Å². The Labute approximate surface area is 189 Å². The Morgan fingerprint density at radius 1 is 1.03 bits per heavy atom. The Hall–Kier alpha value is -2.19. The highest BCUT2D eigenvalue weighted by atomic mass is 16.5. The third-order valence-electron chi connectivity index (χ3n) is 7.28.